The lowest BCUT2D eigenvalue weighted by Crippen LogP contribution is -2.54. The summed E-state index contributed by atoms with van der Waals surface area (Å²) in [5.74, 6) is -1.16. The van der Waals surface area contributed by atoms with Gasteiger partial charge in [-0.25, -0.2) is 13.1 Å². The highest BCUT2D eigenvalue weighted by atomic mass is 32.2. The van der Waals surface area contributed by atoms with Gasteiger partial charge in [0.05, 0.1) is 5.75 Å². The van der Waals surface area contributed by atoms with Crippen LogP contribution in [0.1, 0.15) is 35.6 Å². The first-order valence-corrected chi connectivity index (χ1v) is 14.3. The van der Waals surface area contributed by atoms with E-state index in [1.165, 1.54) is 11.9 Å². The fraction of sp³-hybridized carbons (Fsp3) is 0.276. The van der Waals surface area contributed by atoms with Crippen molar-refractivity contribution in [2.24, 2.45) is 5.73 Å². The van der Waals surface area contributed by atoms with E-state index >= 15 is 0 Å². The predicted octanol–water partition coefficient (Wildman–Crippen LogP) is 2.55. The summed E-state index contributed by atoms with van der Waals surface area (Å²) >= 11 is 0. The van der Waals surface area contributed by atoms with Crippen LogP contribution >= 0.6 is 0 Å². The second-order valence-corrected chi connectivity index (χ2v) is 11.1. The number of amides is 2. The third-order valence-electron chi connectivity index (χ3n) is 6.34. The van der Waals surface area contributed by atoms with Gasteiger partial charge in [-0.3, -0.25) is 15.0 Å². The molecule has 2 amide bonds. The molecular formula is C29H35N5O4S. The smallest absolute Gasteiger partial charge is 0.243 e. The van der Waals surface area contributed by atoms with Crippen LogP contribution in [0, 0.1) is 5.41 Å². The minimum absolute atomic E-state index is 0.0405. The van der Waals surface area contributed by atoms with Crippen LogP contribution < -0.4 is 15.8 Å². The summed E-state index contributed by atoms with van der Waals surface area (Å²) in [7, 11) is -2.35. The van der Waals surface area contributed by atoms with Gasteiger partial charge in [0.15, 0.2) is 0 Å². The van der Waals surface area contributed by atoms with Crippen molar-refractivity contribution in [3.63, 3.8) is 0 Å². The van der Waals surface area contributed by atoms with E-state index in [1.54, 1.807) is 61.5 Å². The number of likely N-dealkylation sites (N-methyl/N-ethyl adjacent to an activating group) is 1. The zero-order valence-electron chi connectivity index (χ0n) is 22.1. The number of carbonyl (C=O) groups is 2. The molecule has 206 valence electrons. The van der Waals surface area contributed by atoms with Gasteiger partial charge in [0, 0.05) is 19.2 Å². The maximum Gasteiger partial charge on any atom is 0.243 e. The number of hydrogen-bond acceptors (Lipinski definition) is 5. The van der Waals surface area contributed by atoms with E-state index in [0.717, 1.165) is 11.1 Å². The van der Waals surface area contributed by atoms with Gasteiger partial charge >= 0.3 is 0 Å². The van der Waals surface area contributed by atoms with Gasteiger partial charge in [-0.2, -0.15) is 0 Å². The molecular weight excluding hydrogens is 514 g/mol. The molecule has 39 heavy (non-hydrogen) atoms. The molecule has 0 unspecified atom stereocenters. The molecule has 3 aromatic carbocycles. The lowest BCUT2D eigenvalue weighted by atomic mass is 10.0. The Morgan fingerprint density at radius 2 is 1.46 bits per heavy atom. The Morgan fingerprint density at radius 3 is 2.00 bits per heavy atom. The average Bonchev–Trinajstić information content (AvgIpc) is 2.92. The molecule has 0 fully saturated rings. The first kappa shape index (κ1) is 29.5. The zero-order chi connectivity index (χ0) is 28.4. The number of nitrogen functional groups attached to an aromatic ring is 1. The Kier molecular flexibility index (Phi) is 10.4. The molecule has 3 rings (SSSR count). The van der Waals surface area contributed by atoms with Crippen molar-refractivity contribution in [2.45, 2.75) is 44.1 Å². The van der Waals surface area contributed by atoms with Gasteiger partial charge in [-0.05, 0) is 29.5 Å². The standard InChI is InChI=1S/C29H35N5O4S/c1-3-26(28(35)32-19-22-14-16-24(17-15-22)27(30)31)34(2)29(36)25(18-21-10-6-4-7-11-21)33-39(37,38)20-23-12-8-5-9-13-23/h4-17,25-26,33H,3,18-20H2,1-2H3,(H3,30,31)(H,32,35)/t25-,26+/m1/s1. The Bertz CT molecular complexity index is 1360. The van der Waals surface area contributed by atoms with Gasteiger partial charge in [0.2, 0.25) is 21.8 Å². The molecule has 0 aromatic heterocycles. The van der Waals surface area contributed by atoms with E-state index in [-0.39, 0.29) is 30.5 Å². The summed E-state index contributed by atoms with van der Waals surface area (Å²) in [6.45, 7) is 2.02. The second-order valence-electron chi connectivity index (χ2n) is 9.31. The van der Waals surface area contributed by atoms with Gasteiger partial charge in [0.1, 0.15) is 17.9 Å². The Hall–Kier alpha value is -4.02. The van der Waals surface area contributed by atoms with Crippen LogP contribution in [0.4, 0.5) is 0 Å². The summed E-state index contributed by atoms with van der Waals surface area (Å²) in [4.78, 5) is 28.0. The monoisotopic (exact) mass is 549 g/mol. The largest absolute Gasteiger partial charge is 0.384 e. The number of nitrogens with zero attached hydrogens (tertiary/aromatic N) is 1. The van der Waals surface area contributed by atoms with Crippen molar-refractivity contribution in [2.75, 3.05) is 7.05 Å². The summed E-state index contributed by atoms with van der Waals surface area (Å²) in [6.07, 6.45) is 0.477. The van der Waals surface area contributed by atoms with Crippen molar-refractivity contribution >= 4 is 27.7 Å². The predicted molar refractivity (Wildman–Crippen MR) is 152 cm³/mol. The fourth-order valence-corrected chi connectivity index (χ4v) is 5.56. The minimum atomic E-state index is -3.86. The van der Waals surface area contributed by atoms with Gasteiger partial charge < -0.3 is 16.0 Å². The molecule has 10 heteroatoms. The minimum Gasteiger partial charge on any atom is -0.384 e. The van der Waals surface area contributed by atoms with E-state index < -0.39 is 28.0 Å². The maximum atomic E-state index is 13.6. The van der Waals surface area contributed by atoms with Crippen molar-refractivity contribution in [3.05, 3.63) is 107 Å². The van der Waals surface area contributed by atoms with Gasteiger partial charge in [0.25, 0.3) is 0 Å². The molecule has 0 bridgehead atoms. The highest BCUT2D eigenvalue weighted by Crippen LogP contribution is 2.13. The molecule has 5 N–H and O–H groups in total. The van der Waals surface area contributed by atoms with Crippen LogP contribution in [0.2, 0.25) is 0 Å². The van der Waals surface area contributed by atoms with Crippen molar-refractivity contribution < 1.29 is 18.0 Å². The molecule has 0 aliphatic heterocycles. The van der Waals surface area contributed by atoms with E-state index in [0.29, 0.717) is 17.5 Å². The summed E-state index contributed by atoms with van der Waals surface area (Å²) < 4.78 is 28.7. The van der Waals surface area contributed by atoms with Crippen molar-refractivity contribution in [3.8, 4) is 0 Å². The molecule has 0 spiro atoms. The summed E-state index contributed by atoms with van der Waals surface area (Å²) in [5.41, 5.74) is 8.28. The highest BCUT2D eigenvalue weighted by Gasteiger charge is 2.32. The highest BCUT2D eigenvalue weighted by molar-refractivity contribution is 7.88. The number of amidine groups is 1. The van der Waals surface area contributed by atoms with E-state index in [9.17, 15) is 18.0 Å². The Morgan fingerprint density at radius 1 is 0.897 bits per heavy atom. The topological polar surface area (TPSA) is 145 Å². The number of carbonyl (C=O) groups excluding carboxylic acids is 2. The van der Waals surface area contributed by atoms with Crippen LogP contribution in [0.5, 0.6) is 0 Å². The summed E-state index contributed by atoms with van der Waals surface area (Å²) in [5, 5.41) is 10.3. The average molecular weight is 550 g/mol. The molecule has 0 heterocycles. The van der Waals surface area contributed by atoms with Crippen molar-refractivity contribution in [1.82, 2.24) is 14.9 Å². The number of benzene rings is 3. The third kappa shape index (κ3) is 8.76. The number of rotatable bonds is 13. The Balaban J connectivity index is 1.74. The third-order valence-corrected chi connectivity index (χ3v) is 7.70. The second kappa shape index (κ2) is 13.7. The van der Waals surface area contributed by atoms with E-state index in [2.05, 4.69) is 10.0 Å². The lowest BCUT2D eigenvalue weighted by molar-refractivity contribution is -0.140. The first-order chi connectivity index (χ1) is 18.6. The van der Waals surface area contributed by atoms with E-state index in [1.807, 2.05) is 30.3 Å². The van der Waals surface area contributed by atoms with Crippen LogP contribution in [-0.2, 0) is 38.3 Å². The van der Waals surface area contributed by atoms with Crippen LogP contribution in [-0.4, -0.2) is 50.1 Å². The number of sulfonamides is 1. The van der Waals surface area contributed by atoms with Crippen molar-refractivity contribution in [1.29, 1.82) is 5.41 Å². The fourth-order valence-electron chi connectivity index (χ4n) is 4.22. The molecule has 0 aliphatic carbocycles. The molecule has 0 radical (unpaired) electrons. The normalized spacial score (nSPS) is 12.8. The molecule has 0 aliphatic rings. The number of hydrogen-bond donors (Lipinski definition) is 4. The first-order valence-electron chi connectivity index (χ1n) is 12.6. The van der Waals surface area contributed by atoms with Crippen LogP contribution in [0.15, 0.2) is 84.9 Å². The van der Waals surface area contributed by atoms with Crippen LogP contribution in [0.25, 0.3) is 0 Å². The SMILES string of the molecule is CC[C@@H](C(=O)NCc1ccc(C(=N)N)cc1)N(C)C(=O)[C@@H](Cc1ccccc1)NS(=O)(=O)Cc1ccccc1. The van der Waals surface area contributed by atoms with E-state index in [4.69, 9.17) is 11.1 Å². The Labute approximate surface area is 230 Å². The summed E-state index contributed by atoms with van der Waals surface area (Å²) in [6, 6.07) is 22.9. The molecule has 9 nitrogen and oxygen atoms in total. The molecule has 3 aromatic rings. The number of nitrogens with one attached hydrogen (secondary N) is 3. The molecule has 2 atom stereocenters. The quantitative estimate of drug-likeness (QED) is 0.191. The van der Waals surface area contributed by atoms with Gasteiger partial charge in [-0.1, -0.05) is 91.9 Å². The number of nitrogens with two attached hydrogens (primary N) is 1. The van der Waals surface area contributed by atoms with Gasteiger partial charge in [-0.15, -0.1) is 0 Å². The maximum absolute atomic E-state index is 13.6. The molecule has 0 saturated heterocycles. The molecule has 0 saturated carbocycles. The lowest BCUT2D eigenvalue weighted by Gasteiger charge is -2.30. The zero-order valence-corrected chi connectivity index (χ0v) is 22.9. The van der Waals surface area contributed by atoms with Crippen LogP contribution in [0.3, 0.4) is 0 Å².